The van der Waals surface area contributed by atoms with Gasteiger partial charge in [-0.25, -0.2) is 23.5 Å². The summed E-state index contributed by atoms with van der Waals surface area (Å²) in [6.45, 7) is 4.85. The second-order valence-corrected chi connectivity index (χ2v) is 6.81. The molecule has 1 aliphatic heterocycles. The number of hydrogen-bond donors (Lipinski definition) is 1. The molecule has 2 aromatic rings. The van der Waals surface area contributed by atoms with Crippen molar-refractivity contribution in [3.8, 4) is 5.75 Å². The highest BCUT2D eigenvalue weighted by Crippen LogP contribution is 2.32. The van der Waals surface area contributed by atoms with Gasteiger partial charge in [0, 0.05) is 44.2 Å². The average Bonchev–Trinajstić information content (AvgIpc) is 2.66. The molecule has 28 heavy (non-hydrogen) atoms. The van der Waals surface area contributed by atoms with Gasteiger partial charge >= 0.3 is 6.03 Å². The predicted molar refractivity (Wildman–Crippen MR) is 100 cm³/mol. The molecule has 1 fully saturated rings. The summed E-state index contributed by atoms with van der Waals surface area (Å²) in [5.41, 5.74) is 6.43. The zero-order chi connectivity index (χ0) is 20.3. The number of piperazine rings is 1. The van der Waals surface area contributed by atoms with Crippen LogP contribution in [0.1, 0.15) is 23.6 Å². The number of ether oxygens (including phenoxy) is 1. The van der Waals surface area contributed by atoms with Crippen molar-refractivity contribution in [2.24, 2.45) is 5.73 Å². The van der Waals surface area contributed by atoms with Gasteiger partial charge in [0.25, 0.3) is 5.92 Å². The fraction of sp³-hybridized carbons (Fsp3) is 0.421. The summed E-state index contributed by atoms with van der Waals surface area (Å²) in [6, 6.07) is 4.37. The number of nitrogens with two attached hydrogens (primary N) is 1. The summed E-state index contributed by atoms with van der Waals surface area (Å²) in [5.74, 6) is -2.03. The number of alkyl halides is 2. The van der Waals surface area contributed by atoms with Gasteiger partial charge in [-0.3, -0.25) is 0 Å². The van der Waals surface area contributed by atoms with Crippen LogP contribution in [0.2, 0.25) is 0 Å². The van der Waals surface area contributed by atoms with Crippen molar-refractivity contribution < 1.29 is 18.3 Å². The molecule has 9 heteroatoms. The van der Waals surface area contributed by atoms with Crippen LogP contribution in [-0.2, 0) is 12.5 Å². The van der Waals surface area contributed by atoms with Gasteiger partial charge in [-0.05, 0) is 12.5 Å². The van der Waals surface area contributed by atoms with Crippen LogP contribution in [-0.4, -0.2) is 47.1 Å². The number of carbonyl (C=O) groups is 1. The number of anilines is 1. The van der Waals surface area contributed by atoms with Crippen LogP contribution in [0.5, 0.6) is 5.75 Å². The van der Waals surface area contributed by atoms with E-state index in [1.165, 1.54) is 18.5 Å². The largest absolute Gasteiger partial charge is 0.486 e. The van der Waals surface area contributed by atoms with Crippen LogP contribution >= 0.6 is 0 Å². The summed E-state index contributed by atoms with van der Waals surface area (Å²) >= 11 is 0. The van der Waals surface area contributed by atoms with Crippen LogP contribution < -0.4 is 15.4 Å². The van der Waals surface area contributed by atoms with Crippen molar-refractivity contribution in [1.29, 1.82) is 0 Å². The van der Waals surface area contributed by atoms with Gasteiger partial charge < -0.3 is 20.3 Å². The predicted octanol–water partition coefficient (Wildman–Crippen LogP) is 2.68. The zero-order valence-corrected chi connectivity index (χ0v) is 15.9. The molecule has 2 N–H and O–H groups in total. The molecule has 150 valence electrons. The van der Waals surface area contributed by atoms with Crippen LogP contribution in [0, 0.1) is 6.92 Å². The number of rotatable bonds is 5. The molecule has 1 aromatic carbocycles. The third-order valence-corrected chi connectivity index (χ3v) is 4.76. The molecule has 0 aliphatic carbocycles. The highest BCUT2D eigenvalue weighted by atomic mass is 19.3. The molecular formula is C19H23F2N5O2. The molecule has 2 amide bonds. The molecular weight excluding hydrogens is 368 g/mol. The van der Waals surface area contributed by atoms with Gasteiger partial charge in [-0.1, -0.05) is 18.2 Å². The number of amides is 2. The Labute approximate surface area is 162 Å². The Balaban J connectivity index is 1.64. The highest BCUT2D eigenvalue weighted by Gasteiger charge is 2.28. The minimum atomic E-state index is -2.95. The average molecular weight is 391 g/mol. The van der Waals surface area contributed by atoms with E-state index in [-0.39, 0.29) is 12.2 Å². The van der Waals surface area contributed by atoms with Crippen molar-refractivity contribution in [1.82, 2.24) is 14.9 Å². The first-order valence-corrected chi connectivity index (χ1v) is 8.96. The van der Waals surface area contributed by atoms with E-state index in [9.17, 15) is 13.6 Å². The van der Waals surface area contributed by atoms with Gasteiger partial charge in [0.1, 0.15) is 6.61 Å². The van der Waals surface area contributed by atoms with Crippen molar-refractivity contribution in [2.45, 2.75) is 26.4 Å². The van der Waals surface area contributed by atoms with Gasteiger partial charge in [-0.15, -0.1) is 0 Å². The SMILES string of the molecule is Cc1cccc(C(C)(F)F)c1COc1cnc(N2CCN(C(N)=O)CC2)nc1. The molecule has 0 atom stereocenters. The molecule has 7 nitrogen and oxygen atoms in total. The topological polar surface area (TPSA) is 84.6 Å². The zero-order valence-electron chi connectivity index (χ0n) is 15.9. The lowest BCUT2D eigenvalue weighted by atomic mass is 9.98. The number of urea groups is 1. The van der Waals surface area contributed by atoms with E-state index >= 15 is 0 Å². The van der Waals surface area contributed by atoms with E-state index in [2.05, 4.69) is 9.97 Å². The van der Waals surface area contributed by atoms with E-state index in [1.54, 1.807) is 24.0 Å². The molecule has 0 spiro atoms. The third kappa shape index (κ3) is 4.47. The van der Waals surface area contributed by atoms with Crippen LogP contribution in [0.3, 0.4) is 0 Å². The molecule has 1 aliphatic rings. The standard InChI is InChI=1S/C19H23F2N5O2/c1-13-4-3-5-16(19(2,20)21)15(13)12-28-14-10-23-18(24-11-14)26-8-6-25(7-9-26)17(22)27/h3-5,10-11H,6-9,12H2,1-2H3,(H2,22,27). The molecule has 0 bridgehead atoms. The lowest BCUT2D eigenvalue weighted by molar-refractivity contribution is 0.0155. The number of hydrogen-bond acceptors (Lipinski definition) is 5. The summed E-state index contributed by atoms with van der Waals surface area (Å²) in [4.78, 5) is 23.3. The Morgan fingerprint density at radius 1 is 1.21 bits per heavy atom. The van der Waals surface area contributed by atoms with Gasteiger partial charge in [0.2, 0.25) is 5.95 Å². The van der Waals surface area contributed by atoms with Crippen molar-refractivity contribution >= 4 is 12.0 Å². The maximum atomic E-state index is 13.8. The Hall–Kier alpha value is -2.97. The maximum absolute atomic E-state index is 13.8. The Kier molecular flexibility index (Phi) is 5.62. The molecule has 1 aromatic heterocycles. The number of benzene rings is 1. The second-order valence-electron chi connectivity index (χ2n) is 6.81. The lowest BCUT2D eigenvalue weighted by Crippen LogP contribution is -2.50. The minimum Gasteiger partial charge on any atom is -0.486 e. The fourth-order valence-electron chi connectivity index (χ4n) is 3.13. The second kappa shape index (κ2) is 7.95. The van der Waals surface area contributed by atoms with Crippen LogP contribution in [0.25, 0.3) is 0 Å². The monoisotopic (exact) mass is 391 g/mol. The van der Waals surface area contributed by atoms with Crippen molar-refractivity contribution in [3.05, 3.63) is 47.3 Å². The highest BCUT2D eigenvalue weighted by molar-refractivity contribution is 5.72. The normalized spacial score (nSPS) is 14.9. The first-order chi connectivity index (χ1) is 13.3. The molecule has 0 radical (unpaired) electrons. The number of aromatic nitrogens is 2. The van der Waals surface area contributed by atoms with E-state index in [0.29, 0.717) is 43.4 Å². The molecule has 0 saturated carbocycles. The smallest absolute Gasteiger partial charge is 0.314 e. The Morgan fingerprint density at radius 2 is 1.86 bits per heavy atom. The van der Waals surface area contributed by atoms with E-state index in [4.69, 9.17) is 10.5 Å². The van der Waals surface area contributed by atoms with E-state index < -0.39 is 12.0 Å². The Bertz CT molecular complexity index is 831. The molecule has 1 saturated heterocycles. The molecule has 2 heterocycles. The number of aryl methyl sites for hydroxylation is 1. The number of carbonyl (C=O) groups excluding carboxylic acids is 1. The first kappa shape index (κ1) is 19.8. The maximum Gasteiger partial charge on any atom is 0.314 e. The first-order valence-electron chi connectivity index (χ1n) is 8.96. The van der Waals surface area contributed by atoms with Crippen LogP contribution in [0.15, 0.2) is 30.6 Å². The quantitative estimate of drug-likeness (QED) is 0.847. The fourth-order valence-corrected chi connectivity index (χ4v) is 3.13. The number of primary amides is 1. The summed E-state index contributed by atoms with van der Waals surface area (Å²) in [6.07, 6.45) is 3.04. The van der Waals surface area contributed by atoms with Gasteiger partial charge in [-0.2, -0.15) is 0 Å². The van der Waals surface area contributed by atoms with Crippen molar-refractivity contribution in [2.75, 3.05) is 31.1 Å². The van der Waals surface area contributed by atoms with Crippen molar-refractivity contribution in [3.63, 3.8) is 0 Å². The number of nitrogens with zero attached hydrogens (tertiary/aromatic N) is 4. The molecule has 3 rings (SSSR count). The third-order valence-electron chi connectivity index (χ3n) is 4.76. The molecule has 0 unspecified atom stereocenters. The van der Waals surface area contributed by atoms with E-state index in [0.717, 1.165) is 12.5 Å². The van der Waals surface area contributed by atoms with Gasteiger partial charge in [0.15, 0.2) is 5.75 Å². The van der Waals surface area contributed by atoms with Gasteiger partial charge in [0.05, 0.1) is 12.4 Å². The van der Waals surface area contributed by atoms with E-state index in [1.807, 2.05) is 4.90 Å². The summed E-state index contributed by atoms with van der Waals surface area (Å²) in [5, 5.41) is 0. The number of halogens is 2. The summed E-state index contributed by atoms with van der Waals surface area (Å²) in [7, 11) is 0. The lowest BCUT2D eigenvalue weighted by Gasteiger charge is -2.33. The summed E-state index contributed by atoms with van der Waals surface area (Å²) < 4.78 is 33.3. The van der Waals surface area contributed by atoms with Crippen LogP contribution in [0.4, 0.5) is 19.5 Å². The Morgan fingerprint density at radius 3 is 2.43 bits per heavy atom. The minimum absolute atomic E-state index is 0.00539.